The minimum Gasteiger partial charge on any atom is -0.481 e. The maximum absolute atomic E-state index is 13.4. The van der Waals surface area contributed by atoms with Gasteiger partial charge in [0, 0.05) is 30.9 Å². The van der Waals surface area contributed by atoms with Gasteiger partial charge in [0.15, 0.2) is 0 Å². The lowest BCUT2D eigenvalue weighted by Crippen LogP contribution is -2.23. The van der Waals surface area contributed by atoms with Crippen LogP contribution < -0.4 is 0 Å². The molecule has 1 aromatic carbocycles. The van der Waals surface area contributed by atoms with Crippen molar-refractivity contribution in [3.63, 3.8) is 0 Å². The Hall–Kier alpha value is -1.79. The molecule has 2 heterocycles. The topological polar surface area (TPSA) is 53.4 Å². The molecule has 0 aliphatic carbocycles. The van der Waals surface area contributed by atoms with Gasteiger partial charge in [-0.3, -0.25) is 9.69 Å². The van der Waals surface area contributed by atoms with Crippen molar-refractivity contribution in [3.05, 3.63) is 51.7 Å². The zero-order chi connectivity index (χ0) is 15.7. The van der Waals surface area contributed by atoms with Crippen LogP contribution in [0.4, 0.5) is 4.39 Å². The summed E-state index contributed by atoms with van der Waals surface area (Å²) in [6.07, 6.45) is 0. The van der Waals surface area contributed by atoms with Gasteiger partial charge >= 0.3 is 5.97 Å². The minimum absolute atomic E-state index is 0.187. The van der Waals surface area contributed by atoms with E-state index in [0.717, 1.165) is 16.3 Å². The van der Waals surface area contributed by atoms with E-state index in [2.05, 4.69) is 9.88 Å². The van der Waals surface area contributed by atoms with Crippen LogP contribution in [0.25, 0.3) is 0 Å². The third-order valence-corrected chi connectivity index (χ3v) is 4.86. The smallest absolute Gasteiger partial charge is 0.308 e. The Morgan fingerprint density at radius 2 is 2.32 bits per heavy atom. The van der Waals surface area contributed by atoms with Crippen LogP contribution in [0.5, 0.6) is 0 Å². The molecule has 1 aromatic heterocycles. The molecule has 0 saturated carbocycles. The van der Waals surface area contributed by atoms with Crippen molar-refractivity contribution in [2.75, 3.05) is 13.1 Å². The molecule has 1 fully saturated rings. The van der Waals surface area contributed by atoms with Crippen molar-refractivity contribution < 1.29 is 14.3 Å². The number of rotatable bonds is 4. The summed E-state index contributed by atoms with van der Waals surface area (Å²) in [6.45, 7) is 3.66. The molecule has 2 aromatic rings. The predicted octanol–water partition coefficient (Wildman–Crippen LogP) is 2.89. The number of hydrogen-bond donors (Lipinski definition) is 1. The molecule has 6 heteroatoms. The number of halogens is 1. The first kappa shape index (κ1) is 15.1. The van der Waals surface area contributed by atoms with E-state index in [4.69, 9.17) is 0 Å². The molecule has 0 spiro atoms. The monoisotopic (exact) mass is 320 g/mol. The first-order valence-electron chi connectivity index (χ1n) is 7.14. The summed E-state index contributed by atoms with van der Waals surface area (Å²) in [6, 6.07) is 6.26. The summed E-state index contributed by atoms with van der Waals surface area (Å²) in [5.74, 6) is -1.85. The molecule has 3 rings (SSSR count). The molecule has 1 saturated heterocycles. The molecule has 4 nitrogen and oxygen atoms in total. The van der Waals surface area contributed by atoms with Crippen molar-refractivity contribution in [1.82, 2.24) is 9.88 Å². The lowest BCUT2D eigenvalue weighted by molar-refractivity contribution is -0.141. The van der Waals surface area contributed by atoms with Gasteiger partial charge < -0.3 is 5.11 Å². The third kappa shape index (κ3) is 3.18. The van der Waals surface area contributed by atoms with Crippen LogP contribution in [-0.2, 0) is 11.3 Å². The van der Waals surface area contributed by atoms with Gasteiger partial charge in [-0.2, -0.15) is 0 Å². The molecule has 116 valence electrons. The van der Waals surface area contributed by atoms with E-state index in [-0.39, 0.29) is 11.7 Å². The number of carboxylic acid groups (broad SMARTS) is 1. The minimum atomic E-state index is -0.828. The number of aliphatic carboxylic acids is 1. The van der Waals surface area contributed by atoms with Gasteiger partial charge in [-0.25, -0.2) is 9.37 Å². The van der Waals surface area contributed by atoms with E-state index in [1.807, 2.05) is 12.3 Å². The van der Waals surface area contributed by atoms with Gasteiger partial charge in [-0.15, -0.1) is 11.3 Å². The van der Waals surface area contributed by atoms with Crippen LogP contribution in [0.1, 0.15) is 22.2 Å². The fourth-order valence-electron chi connectivity index (χ4n) is 3.05. The summed E-state index contributed by atoms with van der Waals surface area (Å²) >= 11 is 1.59. The average Bonchev–Trinajstić information content (AvgIpc) is 3.06. The molecule has 0 unspecified atom stereocenters. The highest BCUT2D eigenvalue weighted by molar-refractivity contribution is 7.09. The van der Waals surface area contributed by atoms with Crippen LogP contribution >= 0.6 is 11.3 Å². The number of nitrogens with zero attached hydrogens (tertiary/aromatic N) is 2. The Labute approximate surface area is 132 Å². The first-order chi connectivity index (χ1) is 10.5. The Morgan fingerprint density at radius 1 is 1.50 bits per heavy atom. The fourth-order valence-corrected chi connectivity index (χ4v) is 3.65. The summed E-state index contributed by atoms with van der Waals surface area (Å²) in [7, 11) is 0. The van der Waals surface area contributed by atoms with E-state index < -0.39 is 11.9 Å². The van der Waals surface area contributed by atoms with Crippen LogP contribution in [0.3, 0.4) is 0 Å². The number of aromatic nitrogens is 1. The molecule has 1 aliphatic rings. The number of likely N-dealkylation sites (tertiary alicyclic amines) is 1. The van der Waals surface area contributed by atoms with Crippen LogP contribution in [0, 0.1) is 18.7 Å². The quantitative estimate of drug-likeness (QED) is 0.941. The SMILES string of the molecule is Cc1nc(CN2C[C@@H](C(=O)O)[C@H](c3cccc(F)c3)C2)cs1. The zero-order valence-electron chi connectivity index (χ0n) is 12.2. The van der Waals surface area contributed by atoms with Crippen molar-refractivity contribution >= 4 is 17.3 Å². The van der Waals surface area contributed by atoms with Gasteiger partial charge in [-0.1, -0.05) is 12.1 Å². The lowest BCUT2D eigenvalue weighted by atomic mass is 9.89. The second-order valence-electron chi connectivity index (χ2n) is 5.66. The molecular formula is C16H17FN2O2S. The van der Waals surface area contributed by atoms with Crippen molar-refractivity contribution in [2.24, 2.45) is 5.92 Å². The van der Waals surface area contributed by atoms with Gasteiger partial charge in [0.2, 0.25) is 0 Å². The summed E-state index contributed by atoms with van der Waals surface area (Å²) in [4.78, 5) is 18.0. The summed E-state index contributed by atoms with van der Waals surface area (Å²) in [5.41, 5.74) is 1.72. The van der Waals surface area contributed by atoms with Crippen molar-refractivity contribution in [2.45, 2.75) is 19.4 Å². The molecule has 0 bridgehead atoms. The number of carboxylic acids is 1. The standard InChI is InChI=1S/C16H17FN2O2S/c1-10-18-13(9-22-10)6-19-7-14(15(8-19)16(20)21)11-3-2-4-12(17)5-11/h2-5,9,14-15H,6-8H2,1H3,(H,20,21)/t14-,15+/m0/s1. The van der Waals surface area contributed by atoms with Gasteiger partial charge in [0.1, 0.15) is 5.82 Å². The lowest BCUT2D eigenvalue weighted by Gasteiger charge is -2.15. The first-order valence-corrected chi connectivity index (χ1v) is 8.02. The van der Waals surface area contributed by atoms with Crippen molar-refractivity contribution in [1.29, 1.82) is 0 Å². The van der Waals surface area contributed by atoms with E-state index in [1.165, 1.54) is 12.1 Å². The molecule has 1 N–H and O–H groups in total. The van der Waals surface area contributed by atoms with E-state index >= 15 is 0 Å². The molecule has 2 atom stereocenters. The van der Waals surface area contributed by atoms with Gasteiger partial charge in [-0.05, 0) is 24.6 Å². The Bertz CT molecular complexity index is 688. The van der Waals surface area contributed by atoms with Crippen LogP contribution in [0.2, 0.25) is 0 Å². The molecule has 22 heavy (non-hydrogen) atoms. The van der Waals surface area contributed by atoms with E-state index in [1.54, 1.807) is 23.5 Å². The Morgan fingerprint density at radius 3 is 2.95 bits per heavy atom. The number of carbonyl (C=O) groups is 1. The predicted molar refractivity (Wildman–Crippen MR) is 82.4 cm³/mol. The molecular weight excluding hydrogens is 303 g/mol. The number of hydrogen-bond acceptors (Lipinski definition) is 4. The zero-order valence-corrected chi connectivity index (χ0v) is 13.0. The number of benzene rings is 1. The highest BCUT2D eigenvalue weighted by atomic mass is 32.1. The van der Waals surface area contributed by atoms with Crippen LogP contribution in [0.15, 0.2) is 29.6 Å². The van der Waals surface area contributed by atoms with Gasteiger partial charge in [0.05, 0.1) is 16.6 Å². The average molecular weight is 320 g/mol. The summed E-state index contributed by atoms with van der Waals surface area (Å²) in [5, 5.41) is 12.5. The number of thiazole rings is 1. The number of aryl methyl sites for hydroxylation is 1. The maximum atomic E-state index is 13.4. The fraction of sp³-hybridized carbons (Fsp3) is 0.375. The highest BCUT2D eigenvalue weighted by Gasteiger charge is 2.38. The van der Waals surface area contributed by atoms with E-state index in [9.17, 15) is 14.3 Å². The molecule has 0 amide bonds. The van der Waals surface area contributed by atoms with E-state index in [0.29, 0.717) is 19.6 Å². The largest absolute Gasteiger partial charge is 0.481 e. The summed E-state index contributed by atoms with van der Waals surface area (Å²) < 4.78 is 13.4. The second kappa shape index (κ2) is 6.14. The van der Waals surface area contributed by atoms with Crippen LogP contribution in [-0.4, -0.2) is 34.0 Å². The van der Waals surface area contributed by atoms with Gasteiger partial charge in [0.25, 0.3) is 0 Å². The molecule has 1 aliphatic heterocycles. The third-order valence-electron chi connectivity index (χ3n) is 4.04. The Balaban J connectivity index is 1.79. The van der Waals surface area contributed by atoms with Crippen molar-refractivity contribution in [3.8, 4) is 0 Å². The highest BCUT2D eigenvalue weighted by Crippen LogP contribution is 2.34. The Kier molecular flexibility index (Phi) is 4.22. The maximum Gasteiger partial charge on any atom is 0.308 e. The molecule has 0 radical (unpaired) electrons. The second-order valence-corrected chi connectivity index (χ2v) is 6.72. The normalized spacial score (nSPS) is 22.1.